The Balaban J connectivity index is 1.47. The number of likely N-dealkylation sites (tertiary alicyclic amines) is 1. The smallest absolute Gasteiger partial charge is 0.254 e. The van der Waals surface area contributed by atoms with E-state index in [1.807, 2.05) is 35.2 Å². The predicted octanol–water partition coefficient (Wildman–Crippen LogP) is 4.06. The van der Waals surface area contributed by atoms with Crippen LogP contribution in [0.1, 0.15) is 41.6 Å². The van der Waals surface area contributed by atoms with Crippen molar-refractivity contribution in [2.45, 2.75) is 26.2 Å². The Hall–Kier alpha value is -2.86. The zero-order chi connectivity index (χ0) is 21.1. The monoisotopic (exact) mass is 425 g/mol. The van der Waals surface area contributed by atoms with Crippen molar-refractivity contribution >= 4 is 34.5 Å². The zero-order valence-corrected chi connectivity index (χ0v) is 17.6. The molecular weight excluding hydrogens is 402 g/mol. The summed E-state index contributed by atoms with van der Waals surface area (Å²) >= 11 is 6.05. The van der Waals surface area contributed by atoms with Gasteiger partial charge in [0.25, 0.3) is 5.91 Å². The van der Waals surface area contributed by atoms with Gasteiger partial charge in [-0.05, 0) is 54.7 Å². The first-order valence-electron chi connectivity index (χ1n) is 10.2. The highest BCUT2D eigenvalue weighted by Crippen LogP contribution is 2.23. The number of hydrogen-bond donors (Lipinski definition) is 1. The molecular formula is C23H24ClN3O3. The fraction of sp³-hybridized carbons (Fsp3) is 0.348. The fourth-order valence-corrected chi connectivity index (χ4v) is 4.10. The Kier molecular flexibility index (Phi) is 6.04. The van der Waals surface area contributed by atoms with Crippen LogP contribution in [0.4, 0.5) is 0 Å². The molecule has 0 aliphatic carbocycles. The summed E-state index contributed by atoms with van der Waals surface area (Å²) in [6.45, 7) is 3.49. The maximum atomic E-state index is 13.0. The number of piperidine rings is 1. The molecule has 6 nitrogen and oxygen atoms in total. The lowest BCUT2D eigenvalue weighted by molar-refractivity contribution is -0.119. The molecule has 0 unspecified atom stereocenters. The molecule has 4 rings (SSSR count). The molecule has 1 saturated heterocycles. The van der Waals surface area contributed by atoms with E-state index in [1.165, 1.54) is 6.92 Å². The van der Waals surface area contributed by atoms with Gasteiger partial charge in [0.2, 0.25) is 5.91 Å². The number of nitrogens with one attached hydrogen (secondary N) is 1. The van der Waals surface area contributed by atoms with Crippen LogP contribution in [0, 0.1) is 5.92 Å². The highest BCUT2D eigenvalue weighted by Gasteiger charge is 2.25. The van der Waals surface area contributed by atoms with E-state index in [-0.39, 0.29) is 17.7 Å². The average Bonchev–Trinajstić information content (AvgIpc) is 3.13. The maximum Gasteiger partial charge on any atom is 0.254 e. The van der Waals surface area contributed by atoms with Crippen LogP contribution in [-0.4, -0.2) is 41.3 Å². The lowest BCUT2D eigenvalue weighted by atomic mass is 9.97. The van der Waals surface area contributed by atoms with E-state index < -0.39 is 0 Å². The van der Waals surface area contributed by atoms with E-state index in [2.05, 4.69) is 10.3 Å². The highest BCUT2D eigenvalue weighted by molar-refractivity contribution is 6.30. The molecule has 3 aromatic rings. The van der Waals surface area contributed by atoms with Gasteiger partial charge in [0.1, 0.15) is 5.52 Å². The highest BCUT2D eigenvalue weighted by atomic mass is 35.5. The molecule has 0 saturated carbocycles. The minimum atomic E-state index is -0.0391. The van der Waals surface area contributed by atoms with Gasteiger partial charge in [-0.1, -0.05) is 23.7 Å². The Morgan fingerprint density at radius 3 is 2.93 bits per heavy atom. The van der Waals surface area contributed by atoms with Crippen LogP contribution in [0.25, 0.3) is 11.1 Å². The SMILES string of the molecule is CC(=O)NC[C@@H]1CCCN(C(=O)c2ccc3nc(Cc4cccc(Cl)c4)oc3c2)C1. The van der Waals surface area contributed by atoms with Gasteiger partial charge in [0.15, 0.2) is 11.5 Å². The third-order valence-electron chi connectivity index (χ3n) is 5.37. The van der Waals surface area contributed by atoms with Crippen LogP contribution >= 0.6 is 11.6 Å². The van der Waals surface area contributed by atoms with Gasteiger partial charge < -0.3 is 14.6 Å². The predicted molar refractivity (Wildman–Crippen MR) is 116 cm³/mol. The van der Waals surface area contributed by atoms with Gasteiger partial charge in [-0.15, -0.1) is 0 Å². The van der Waals surface area contributed by atoms with Crippen molar-refractivity contribution < 1.29 is 14.0 Å². The zero-order valence-electron chi connectivity index (χ0n) is 16.9. The summed E-state index contributed by atoms with van der Waals surface area (Å²) in [6.07, 6.45) is 2.48. The van der Waals surface area contributed by atoms with Crippen LogP contribution in [-0.2, 0) is 11.2 Å². The van der Waals surface area contributed by atoms with Gasteiger partial charge in [0.05, 0.1) is 0 Å². The number of aromatic nitrogens is 1. The number of carbonyl (C=O) groups excluding carboxylic acids is 2. The first-order valence-corrected chi connectivity index (χ1v) is 10.5. The van der Waals surface area contributed by atoms with Gasteiger partial charge in [-0.3, -0.25) is 9.59 Å². The third kappa shape index (κ3) is 4.82. The molecule has 2 aromatic carbocycles. The molecule has 156 valence electrons. The number of hydrogen-bond acceptors (Lipinski definition) is 4. The van der Waals surface area contributed by atoms with Gasteiger partial charge in [-0.25, -0.2) is 4.98 Å². The maximum absolute atomic E-state index is 13.0. The molecule has 1 aromatic heterocycles. The normalized spacial score (nSPS) is 16.6. The van der Waals surface area contributed by atoms with E-state index in [9.17, 15) is 9.59 Å². The Morgan fingerprint density at radius 1 is 1.27 bits per heavy atom. The average molecular weight is 426 g/mol. The number of carbonyl (C=O) groups is 2. The Labute approximate surface area is 180 Å². The number of benzene rings is 2. The quantitative estimate of drug-likeness (QED) is 0.668. The van der Waals surface area contributed by atoms with Crippen molar-refractivity contribution in [2.24, 2.45) is 5.92 Å². The van der Waals surface area contributed by atoms with E-state index >= 15 is 0 Å². The molecule has 0 spiro atoms. The summed E-state index contributed by atoms with van der Waals surface area (Å²) in [5, 5.41) is 3.53. The van der Waals surface area contributed by atoms with Gasteiger partial charge in [0, 0.05) is 43.6 Å². The van der Waals surface area contributed by atoms with E-state index in [0.717, 1.165) is 30.5 Å². The molecule has 1 atom stereocenters. The summed E-state index contributed by atoms with van der Waals surface area (Å²) in [5.74, 6) is 0.815. The van der Waals surface area contributed by atoms with Crippen molar-refractivity contribution in [2.75, 3.05) is 19.6 Å². The second-order valence-corrected chi connectivity index (χ2v) is 8.23. The van der Waals surface area contributed by atoms with Gasteiger partial charge >= 0.3 is 0 Å². The molecule has 1 aliphatic heterocycles. The van der Waals surface area contributed by atoms with Crippen LogP contribution < -0.4 is 5.32 Å². The molecule has 0 bridgehead atoms. The number of oxazole rings is 1. The number of amides is 2. The summed E-state index contributed by atoms with van der Waals surface area (Å²) in [7, 11) is 0. The summed E-state index contributed by atoms with van der Waals surface area (Å²) < 4.78 is 5.90. The number of fused-ring (bicyclic) bond motifs is 1. The summed E-state index contributed by atoms with van der Waals surface area (Å²) in [5.41, 5.74) is 2.94. The third-order valence-corrected chi connectivity index (χ3v) is 5.61. The minimum absolute atomic E-state index is 0.0165. The molecule has 1 fully saturated rings. The summed E-state index contributed by atoms with van der Waals surface area (Å²) in [4.78, 5) is 30.6. The molecule has 7 heteroatoms. The molecule has 1 aliphatic rings. The molecule has 2 heterocycles. The van der Waals surface area contributed by atoms with Gasteiger partial charge in [-0.2, -0.15) is 0 Å². The number of nitrogens with zero attached hydrogens (tertiary/aromatic N) is 2. The van der Waals surface area contributed by atoms with E-state index in [0.29, 0.717) is 41.6 Å². The summed E-state index contributed by atoms with van der Waals surface area (Å²) in [6, 6.07) is 13.0. The number of halogens is 1. The van der Waals surface area contributed by atoms with Crippen LogP contribution in [0.2, 0.25) is 5.02 Å². The van der Waals surface area contributed by atoms with Crippen molar-refractivity contribution in [1.82, 2.24) is 15.2 Å². The topological polar surface area (TPSA) is 75.4 Å². The van der Waals surface area contributed by atoms with E-state index in [4.69, 9.17) is 16.0 Å². The standard InChI is InChI=1S/C23H24ClN3O3/c1-15(28)25-13-17-5-3-9-27(14-17)23(29)18-7-8-20-21(12-18)30-22(26-20)11-16-4-2-6-19(24)10-16/h2,4,6-8,10,12,17H,3,5,9,11,13-14H2,1H3,(H,25,28)/t17-/m0/s1. The molecule has 0 radical (unpaired) electrons. The van der Waals surface area contributed by atoms with Crippen molar-refractivity contribution in [1.29, 1.82) is 0 Å². The lowest BCUT2D eigenvalue weighted by Crippen LogP contribution is -2.43. The Bertz CT molecular complexity index is 1080. The van der Waals surface area contributed by atoms with Crippen LogP contribution in [0.5, 0.6) is 0 Å². The second-order valence-electron chi connectivity index (χ2n) is 7.79. The second kappa shape index (κ2) is 8.88. The first kappa shape index (κ1) is 20.4. The number of rotatable bonds is 5. The van der Waals surface area contributed by atoms with Crippen molar-refractivity contribution in [3.63, 3.8) is 0 Å². The molecule has 30 heavy (non-hydrogen) atoms. The van der Waals surface area contributed by atoms with Crippen LogP contribution in [0.3, 0.4) is 0 Å². The fourth-order valence-electron chi connectivity index (χ4n) is 3.89. The van der Waals surface area contributed by atoms with Crippen molar-refractivity contribution in [3.8, 4) is 0 Å². The minimum Gasteiger partial charge on any atom is -0.440 e. The first-order chi connectivity index (χ1) is 14.5. The molecule has 2 amide bonds. The Morgan fingerprint density at radius 2 is 2.13 bits per heavy atom. The lowest BCUT2D eigenvalue weighted by Gasteiger charge is -2.32. The van der Waals surface area contributed by atoms with E-state index in [1.54, 1.807) is 12.1 Å². The largest absolute Gasteiger partial charge is 0.440 e. The van der Waals surface area contributed by atoms with Crippen LogP contribution in [0.15, 0.2) is 46.9 Å². The van der Waals surface area contributed by atoms with Crippen molar-refractivity contribution in [3.05, 3.63) is 64.5 Å². The molecule has 1 N–H and O–H groups in total.